The van der Waals surface area contributed by atoms with Crippen molar-refractivity contribution in [3.63, 3.8) is 0 Å². The van der Waals surface area contributed by atoms with Gasteiger partial charge in [-0.1, -0.05) is 18.2 Å². The van der Waals surface area contributed by atoms with Crippen molar-refractivity contribution < 1.29 is 0 Å². The molecular weight excluding hydrogens is 352 g/mol. The molecule has 0 aliphatic rings. The molecule has 140 valence electrons. The third-order valence-electron chi connectivity index (χ3n) is 3.92. The van der Waals surface area contributed by atoms with Crippen LogP contribution < -0.4 is 17.3 Å². The highest BCUT2D eigenvalue weighted by Crippen LogP contribution is 2.21. The Kier molecular flexibility index (Phi) is 5.48. The number of hydrogen-bond acceptors (Lipinski definition) is 8. The number of nitrogens with zero attached hydrogens (tertiary/aromatic N) is 5. The van der Waals surface area contributed by atoms with Crippen molar-refractivity contribution in [3.8, 4) is 17.3 Å². The summed E-state index contributed by atoms with van der Waals surface area (Å²) in [5.41, 5.74) is 16.4. The molecule has 6 N–H and O–H groups in total. The minimum absolute atomic E-state index is 0.0788. The Bertz CT molecular complexity index is 1070. The van der Waals surface area contributed by atoms with Crippen LogP contribution in [0, 0.1) is 18.3 Å². The van der Waals surface area contributed by atoms with E-state index in [2.05, 4.69) is 21.0 Å². The predicted molar refractivity (Wildman–Crippen MR) is 107 cm³/mol. The topological polar surface area (TPSA) is 144 Å². The van der Waals surface area contributed by atoms with Crippen molar-refractivity contribution in [3.05, 3.63) is 77.4 Å². The van der Waals surface area contributed by atoms with Crippen molar-refractivity contribution in [2.45, 2.75) is 13.5 Å². The number of anilines is 1. The van der Waals surface area contributed by atoms with Crippen LogP contribution in [-0.4, -0.2) is 20.0 Å². The average molecular weight is 372 g/mol. The number of pyridine rings is 1. The van der Waals surface area contributed by atoms with E-state index in [4.69, 9.17) is 22.6 Å². The van der Waals surface area contributed by atoms with Gasteiger partial charge in [-0.25, -0.2) is 15.8 Å². The van der Waals surface area contributed by atoms with Crippen LogP contribution in [0.15, 0.2) is 54.7 Å². The van der Waals surface area contributed by atoms with E-state index in [1.165, 1.54) is 5.01 Å². The third-order valence-corrected chi connectivity index (χ3v) is 3.92. The molecule has 0 radical (unpaired) electrons. The van der Waals surface area contributed by atoms with E-state index in [1.54, 1.807) is 30.5 Å². The second kappa shape index (κ2) is 8.16. The lowest BCUT2D eigenvalue weighted by molar-refractivity contribution is 0.382. The van der Waals surface area contributed by atoms with E-state index in [-0.39, 0.29) is 5.95 Å². The molecule has 0 amide bonds. The van der Waals surface area contributed by atoms with E-state index >= 15 is 0 Å². The second-order valence-corrected chi connectivity index (χ2v) is 6.22. The van der Waals surface area contributed by atoms with E-state index in [0.29, 0.717) is 29.2 Å². The van der Waals surface area contributed by atoms with Gasteiger partial charge in [0.15, 0.2) is 0 Å². The van der Waals surface area contributed by atoms with Gasteiger partial charge in [-0.3, -0.25) is 4.98 Å². The van der Waals surface area contributed by atoms with Crippen LogP contribution in [0.1, 0.15) is 22.6 Å². The Labute approximate surface area is 162 Å². The van der Waals surface area contributed by atoms with E-state index in [0.717, 1.165) is 17.0 Å². The molecule has 2 aromatic heterocycles. The molecule has 0 fully saturated rings. The van der Waals surface area contributed by atoms with E-state index < -0.39 is 0 Å². The summed E-state index contributed by atoms with van der Waals surface area (Å²) in [5.74, 6) is 6.12. The van der Waals surface area contributed by atoms with E-state index in [9.17, 15) is 0 Å². The maximum absolute atomic E-state index is 9.08. The van der Waals surface area contributed by atoms with Gasteiger partial charge in [0.05, 0.1) is 41.0 Å². The SMILES string of the molecule is Cc1cccc(CN(N)/C=C(\N)c2cc(-c3cccc(C#N)c3)nc(N)n2)n1. The molecule has 0 saturated heterocycles. The number of nitrogens with two attached hydrogens (primary N) is 3. The van der Waals surface area contributed by atoms with Gasteiger partial charge >= 0.3 is 0 Å². The van der Waals surface area contributed by atoms with Crippen LogP contribution in [0.4, 0.5) is 5.95 Å². The predicted octanol–water partition coefficient (Wildman–Crippen LogP) is 1.93. The lowest BCUT2D eigenvalue weighted by atomic mass is 10.1. The summed E-state index contributed by atoms with van der Waals surface area (Å²) in [6, 6.07) is 16.6. The van der Waals surface area contributed by atoms with Crippen LogP contribution in [0.2, 0.25) is 0 Å². The van der Waals surface area contributed by atoms with Gasteiger partial charge in [0.25, 0.3) is 0 Å². The number of hydrazine groups is 1. The van der Waals surface area contributed by atoms with Crippen molar-refractivity contribution in [1.29, 1.82) is 5.26 Å². The number of benzene rings is 1. The Balaban J connectivity index is 1.86. The molecule has 0 spiro atoms. The minimum Gasteiger partial charge on any atom is -0.396 e. The molecule has 8 heteroatoms. The molecule has 0 saturated carbocycles. The third kappa shape index (κ3) is 4.60. The van der Waals surface area contributed by atoms with Crippen LogP contribution in [-0.2, 0) is 6.54 Å². The molecule has 3 rings (SSSR count). The lowest BCUT2D eigenvalue weighted by Crippen LogP contribution is -2.26. The summed E-state index contributed by atoms with van der Waals surface area (Å²) in [5, 5.41) is 10.5. The lowest BCUT2D eigenvalue weighted by Gasteiger charge is -2.15. The molecule has 0 atom stereocenters. The van der Waals surface area contributed by atoms with Crippen LogP contribution in [0.3, 0.4) is 0 Å². The van der Waals surface area contributed by atoms with Gasteiger partial charge < -0.3 is 16.5 Å². The number of hydrogen-bond donors (Lipinski definition) is 3. The normalized spacial score (nSPS) is 11.1. The molecule has 0 aliphatic carbocycles. The smallest absolute Gasteiger partial charge is 0.221 e. The monoisotopic (exact) mass is 372 g/mol. The van der Waals surface area contributed by atoms with Gasteiger partial charge in [-0.15, -0.1) is 0 Å². The highest BCUT2D eigenvalue weighted by molar-refractivity contribution is 5.68. The van der Waals surface area contributed by atoms with Gasteiger partial charge in [0.1, 0.15) is 0 Å². The fraction of sp³-hybridized carbons (Fsp3) is 0.100. The zero-order valence-electron chi connectivity index (χ0n) is 15.4. The minimum atomic E-state index is 0.0788. The van der Waals surface area contributed by atoms with Gasteiger partial charge in [0.2, 0.25) is 5.95 Å². The first-order valence-corrected chi connectivity index (χ1v) is 8.51. The molecule has 3 aromatic rings. The molecule has 8 nitrogen and oxygen atoms in total. The maximum atomic E-state index is 9.08. The Morgan fingerprint density at radius 2 is 1.93 bits per heavy atom. The molecule has 0 unspecified atom stereocenters. The summed E-state index contributed by atoms with van der Waals surface area (Å²) < 4.78 is 0. The largest absolute Gasteiger partial charge is 0.396 e. The Morgan fingerprint density at radius 1 is 1.14 bits per heavy atom. The molecule has 2 heterocycles. The molecule has 0 bridgehead atoms. The van der Waals surface area contributed by atoms with Crippen molar-refractivity contribution >= 4 is 11.6 Å². The fourth-order valence-electron chi connectivity index (χ4n) is 2.67. The molecule has 1 aromatic carbocycles. The first kappa shape index (κ1) is 18.8. The summed E-state index contributed by atoms with van der Waals surface area (Å²) >= 11 is 0. The molecular formula is C20H20N8. The van der Waals surface area contributed by atoms with Crippen molar-refractivity contribution in [1.82, 2.24) is 20.0 Å². The zero-order chi connectivity index (χ0) is 20.1. The van der Waals surface area contributed by atoms with Gasteiger partial charge in [-0.05, 0) is 37.3 Å². The summed E-state index contributed by atoms with van der Waals surface area (Å²) in [6.45, 7) is 2.31. The first-order valence-electron chi connectivity index (χ1n) is 8.51. The average Bonchev–Trinajstić information content (AvgIpc) is 2.67. The summed E-state index contributed by atoms with van der Waals surface area (Å²) in [7, 11) is 0. The van der Waals surface area contributed by atoms with Gasteiger partial charge in [0, 0.05) is 17.5 Å². The number of nitriles is 1. The molecule has 28 heavy (non-hydrogen) atoms. The Hall–Kier alpha value is -3.96. The van der Waals surface area contributed by atoms with Crippen molar-refractivity contribution in [2.24, 2.45) is 11.6 Å². The number of nitrogen functional groups attached to an aromatic ring is 1. The second-order valence-electron chi connectivity index (χ2n) is 6.22. The number of aryl methyl sites for hydroxylation is 1. The number of rotatable bonds is 5. The maximum Gasteiger partial charge on any atom is 0.221 e. The number of aromatic nitrogens is 3. The Morgan fingerprint density at radius 3 is 2.68 bits per heavy atom. The highest BCUT2D eigenvalue weighted by Gasteiger charge is 2.09. The first-order chi connectivity index (χ1) is 13.4. The summed E-state index contributed by atoms with van der Waals surface area (Å²) in [6.07, 6.45) is 1.57. The van der Waals surface area contributed by atoms with Gasteiger partial charge in [-0.2, -0.15) is 5.26 Å². The van der Waals surface area contributed by atoms with Crippen LogP contribution in [0.5, 0.6) is 0 Å². The quantitative estimate of drug-likeness (QED) is 0.455. The van der Waals surface area contributed by atoms with E-state index in [1.807, 2.05) is 31.2 Å². The van der Waals surface area contributed by atoms with Crippen LogP contribution in [0.25, 0.3) is 17.0 Å². The summed E-state index contributed by atoms with van der Waals surface area (Å²) in [4.78, 5) is 12.8. The highest BCUT2D eigenvalue weighted by atomic mass is 15.4. The zero-order valence-corrected chi connectivity index (χ0v) is 15.4. The molecule has 0 aliphatic heterocycles. The van der Waals surface area contributed by atoms with Crippen LogP contribution >= 0.6 is 0 Å². The standard InChI is InChI=1S/C20H20N8/c1-13-4-2-7-16(25-13)11-28(24)12-17(22)19-9-18(26-20(23)27-19)15-6-3-5-14(8-15)10-21/h2-9,12H,11,22,24H2,1H3,(H2,23,26,27)/b17-12-. The fourth-order valence-corrected chi connectivity index (χ4v) is 2.67. The van der Waals surface area contributed by atoms with Crippen molar-refractivity contribution in [2.75, 3.05) is 5.73 Å².